The van der Waals surface area contributed by atoms with Gasteiger partial charge in [0.05, 0.1) is 4.90 Å². The van der Waals surface area contributed by atoms with Gasteiger partial charge in [0.2, 0.25) is 0 Å². The predicted octanol–water partition coefficient (Wildman–Crippen LogP) is 0.449. The standard InChI is InChI=1S/C8H10N2O3S2/c1-6-2-4-7(5-3-6)15(11,12)13-10-8(9)14/h2-5H,1H3,(H3,9,10,14). The third-order valence-electron chi connectivity index (χ3n) is 1.56. The molecular formula is C8H10N2O3S2. The second kappa shape index (κ2) is 4.56. The molecule has 0 radical (unpaired) electrons. The highest BCUT2D eigenvalue weighted by Crippen LogP contribution is 2.11. The molecule has 0 aliphatic rings. The third kappa shape index (κ3) is 3.46. The minimum absolute atomic E-state index is 0.0388. The van der Waals surface area contributed by atoms with Gasteiger partial charge in [0, 0.05) is 0 Å². The van der Waals surface area contributed by atoms with Gasteiger partial charge < -0.3 is 5.73 Å². The van der Waals surface area contributed by atoms with E-state index < -0.39 is 10.1 Å². The fraction of sp³-hybridized carbons (Fsp3) is 0.125. The molecule has 1 aromatic carbocycles. The molecule has 0 bridgehead atoms. The van der Waals surface area contributed by atoms with Crippen LogP contribution in [0.1, 0.15) is 5.56 Å². The summed E-state index contributed by atoms with van der Waals surface area (Å²) in [5, 5.41) is -0.245. The normalized spacial score (nSPS) is 11.0. The summed E-state index contributed by atoms with van der Waals surface area (Å²) in [4.78, 5) is 0.0388. The summed E-state index contributed by atoms with van der Waals surface area (Å²) in [7, 11) is -3.85. The molecule has 15 heavy (non-hydrogen) atoms. The van der Waals surface area contributed by atoms with Crippen molar-refractivity contribution in [1.82, 2.24) is 5.48 Å². The zero-order valence-corrected chi connectivity index (χ0v) is 9.56. The molecule has 0 aliphatic carbocycles. The third-order valence-corrected chi connectivity index (χ3v) is 2.80. The van der Waals surface area contributed by atoms with Crippen LogP contribution < -0.4 is 11.2 Å². The summed E-state index contributed by atoms with van der Waals surface area (Å²) in [6.07, 6.45) is 0. The van der Waals surface area contributed by atoms with Gasteiger partial charge in [-0.05, 0) is 31.3 Å². The number of hydroxylamine groups is 1. The molecule has 0 fully saturated rings. The maximum atomic E-state index is 11.4. The number of hydrogen-bond acceptors (Lipinski definition) is 4. The van der Waals surface area contributed by atoms with Crippen molar-refractivity contribution < 1.29 is 12.7 Å². The Morgan fingerprint density at radius 1 is 1.40 bits per heavy atom. The van der Waals surface area contributed by atoms with Gasteiger partial charge in [-0.15, -0.1) is 4.28 Å². The Labute approximate surface area is 93.3 Å². The van der Waals surface area contributed by atoms with Gasteiger partial charge in [-0.3, -0.25) is 0 Å². The van der Waals surface area contributed by atoms with Gasteiger partial charge in [-0.25, -0.2) is 5.48 Å². The Balaban J connectivity index is 2.87. The summed E-state index contributed by atoms with van der Waals surface area (Å²) in [5.74, 6) is 0. The molecule has 0 saturated carbocycles. The largest absolute Gasteiger partial charge is 0.375 e. The van der Waals surface area contributed by atoms with Crippen molar-refractivity contribution in [2.24, 2.45) is 5.73 Å². The molecule has 0 aliphatic heterocycles. The first-order valence-electron chi connectivity index (χ1n) is 3.97. The minimum Gasteiger partial charge on any atom is -0.375 e. The van der Waals surface area contributed by atoms with Gasteiger partial charge in [0.1, 0.15) is 0 Å². The Bertz CT molecular complexity index is 453. The molecule has 1 rings (SSSR count). The minimum atomic E-state index is -3.85. The van der Waals surface area contributed by atoms with Crippen molar-refractivity contribution in [3.8, 4) is 0 Å². The van der Waals surface area contributed by atoms with Crippen LogP contribution in [-0.2, 0) is 14.4 Å². The molecule has 3 N–H and O–H groups in total. The van der Waals surface area contributed by atoms with Crippen LogP contribution in [0.3, 0.4) is 0 Å². The lowest BCUT2D eigenvalue weighted by atomic mass is 10.2. The predicted molar refractivity (Wildman–Crippen MR) is 59.4 cm³/mol. The van der Waals surface area contributed by atoms with Gasteiger partial charge in [0.15, 0.2) is 5.11 Å². The maximum absolute atomic E-state index is 11.4. The van der Waals surface area contributed by atoms with E-state index in [9.17, 15) is 8.42 Å². The van der Waals surface area contributed by atoms with Crippen LogP contribution in [0.4, 0.5) is 0 Å². The van der Waals surface area contributed by atoms with Crippen LogP contribution in [0.15, 0.2) is 29.2 Å². The lowest BCUT2D eigenvalue weighted by molar-refractivity contribution is 0.269. The van der Waals surface area contributed by atoms with Gasteiger partial charge >= 0.3 is 10.1 Å². The molecule has 5 nitrogen and oxygen atoms in total. The zero-order chi connectivity index (χ0) is 11.5. The van der Waals surface area contributed by atoms with E-state index in [4.69, 9.17) is 5.73 Å². The quantitative estimate of drug-likeness (QED) is 0.595. The number of nitrogens with one attached hydrogen (secondary N) is 1. The van der Waals surface area contributed by atoms with Crippen LogP contribution in [0.25, 0.3) is 0 Å². The zero-order valence-electron chi connectivity index (χ0n) is 7.93. The van der Waals surface area contributed by atoms with E-state index in [1.165, 1.54) is 12.1 Å². The molecule has 0 unspecified atom stereocenters. The molecule has 0 atom stereocenters. The first-order valence-corrected chi connectivity index (χ1v) is 5.79. The Kier molecular flexibility index (Phi) is 3.61. The van der Waals surface area contributed by atoms with Gasteiger partial charge in [0.25, 0.3) is 0 Å². The number of thiocarbonyl (C=S) groups is 1. The van der Waals surface area contributed by atoms with Crippen molar-refractivity contribution >= 4 is 27.4 Å². The second-order valence-corrected chi connectivity index (χ2v) is 4.80. The molecule has 0 saturated heterocycles. The lowest BCUT2D eigenvalue weighted by Crippen LogP contribution is -2.31. The molecule has 82 valence electrons. The Morgan fingerprint density at radius 2 is 1.93 bits per heavy atom. The van der Waals surface area contributed by atoms with Crippen LogP contribution in [-0.4, -0.2) is 13.5 Å². The van der Waals surface area contributed by atoms with Crippen LogP contribution in [0, 0.1) is 6.92 Å². The average Bonchev–Trinajstić information content (AvgIpc) is 2.16. The fourth-order valence-corrected chi connectivity index (χ4v) is 1.71. The lowest BCUT2D eigenvalue weighted by Gasteiger charge is -2.05. The summed E-state index contributed by atoms with van der Waals surface area (Å²) >= 11 is 4.41. The molecule has 0 spiro atoms. The second-order valence-electron chi connectivity index (χ2n) is 2.82. The number of aryl methyl sites for hydroxylation is 1. The number of nitrogens with two attached hydrogens (primary N) is 1. The molecule has 1 aromatic rings. The summed E-state index contributed by atoms with van der Waals surface area (Å²) in [6.45, 7) is 1.85. The van der Waals surface area contributed by atoms with Crippen molar-refractivity contribution in [3.05, 3.63) is 29.8 Å². The topological polar surface area (TPSA) is 81.4 Å². The van der Waals surface area contributed by atoms with E-state index in [0.717, 1.165) is 5.56 Å². The van der Waals surface area contributed by atoms with E-state index >= 15 is 0 Å². The van der Waals surface area contributed by atoms with Crippen LogP contribution in [0.5, 0.6) is 0 Å². The highest BCUT2D eigenvalue weighted by Gasteiger charge is 2.15. The number of benzene rings is 1. The summed E-state index contributed by atoms with van der Waals surface area (Å²) in [6, 6.07) is 6.20. The maximum Gasteiger partial charge on any atom is 0.317 e. The van der Waals surface area contributed by atoms with Crippen molar-refractivity contribution in [3.63, 3.8) is 0 Å². The smallest absolute Gasteiger partial charge is 0.317 e. The summed E-state index contributed by atoms with van der Waals surface area (Å²) < 4.78 is 27.3. The average molecular weight is 246 g/mol. The molecular weight excluding hydrogens is 236 g/mol. The molecule has 0 heterocycles. The van der Waals surface area contributed by atoms with Crippen molar-refractivity contribution in [1.29, 1.82) is 0 Å². The fourth-order valence-electron chi connectivity index (χ4n) is 0.849. The number of hydrogen-bond donors (Lipinski definition) is 2. The molecule has 0 amide bonds. The van der Waals surface area contributed by atoms with E-state index in [-0.39, 0.29) is 10.0 Å². The molecule has 7 heteroatoms. The van der Waals surface area contributed by atoms with Crippen LogP contribution in [0.2, 0.25) is 0 Å². The van der Waals surface area contributed by atoms with Crippen LogP contribution >= 0.6 is 12.2 Å². The van der Waals surface area contributed by atoms with Gasteiger partial charge in [-0.1, -0.05) is 17.7 Å². The highest BCUT2D eigenvalue weighted by atomic mass is 32.2. The highest BCUT2D eigenvalue weighted by molar-refractivity contribution is 7.86. The van der Waals surface area contributed by atoms with E-state index in [1.54, 1.807) is 12.1 Å². The van der Waals surface area contributed by atoms with Crippen molar-refractivity contribution in [2.75, 3.05) is 0 Å². The first kappa shape index (κ1) is 11.9. The van der Waals surface area contributed by atoms with Crippen molar-refractivity contribution in [2.45, 2.75) is 11.8 Å². The van der Waals surface area contributed by atoms with E-state index in [2.05, 4.69) is 16.5 Å². The first-order chi connectivity index (χ1) is 6.92. The molecule has 0 aromatic heterocycles. The van der Waals surface area contributed by atoms with E-state index in [0.29, 0.717) is 0 Å². The summed E-state index contributed by atoms with van der Waals surface area (Å²) in [5.41, 5.74) is 7.91. The van der Waals surface area contributed by atoms with Gasteiger partial charge in [-0.2, -0.15) is 8.42 Å². The Hall–Kier alpha value is -1.18. The monoisotopic (exact) mass is 246 g/mol. The number of rotatable bonds is 3. The Morgan fingerprint density at radius 3 is 2.40 bits per heavy atom. The van der Waals surface area contributed by atoms with E-state index in [1.807, 2.05) is 12.4 Å². The SMILES string of the molecule is Cc1ccc(S(=O)(=O)ONC(N)=S)cc1.